The van der Waals surface area contributed by atoms with Crippen molar-refractivity contribution in [3.63, 3.8) is 0 Å². The smallest absolute Gasteiger partial charge is 0.310 e. The number of ether oxygens (including phenoxy) is 1. The van der Waals surface area contributed by atoms with Crippen molar-refractivity contribution in [2.75, 3.05) is 14.9 Å². The topological polar surface area (TPSA) is 87.7 Å². The van der Waals surface area contributed by atoms with Crippen molar-refractivity contribution in [1.82, 2.24) is 0 Å². The Hall–Kier alpha value is -2.81. The Labute approximate surface area is 219 Å². The van der Waals surface area contributed by atoms with Crippen LogP contribution in [0.3, 0.4) is 0 Å². The SMILES string of the molecule is CCCC1(CC(=O)OC(C)(C)C)Nc2ccc(N(C3CCCCC3)S(=O)(=O)c3ccc(F)cc3)cc2N1. The molecule has 1 aliphatic carbocycles. The van der Waals surface area contributed by atoms with Crippen molar-refractivity contribution in [2.24, 2.45) is 0 Å². The molecule has 2 N–H and O–H groups in total. The lowest BCUT2D eigenvalue weighted by atomic mass is 9.95. The van der Waals surface area contributed by atoms with Crippen LogP contribution < -0.4 is 14.9 Å². The maximum Gasteiger partial charge on any atom is 0.310 e. The molecule has 4 rings (SSSR count). The minimum absolute atomic E-state index is 0.0660. The van der Waals surface area contributed by atoms with Gasteiger partial charge in [0.15, 0.2) is 0 Å². The van der Waals surface area contributed by atoms with Crippen LogP contribution in [-0.2, 0) is 19.6 Å². The molecular weight excluding hydrogens is 493 g/mol. The lowest BCUT2D eigenvalue weighted by Gasteiger charge is -2.35. The number of hydrogen-bond acceptors (Lipinski definition) is 6. The molecule has 2 aliphatic rings. The number of hydrogen-bond donors (Lipinski definition) is 2. The molecule has 0 saturated heterocycles. The first-order valence-corrected chi connectivity index (χ1v) is 14.6. The maximum atomic E-state index is 13.9. The van der Waals surface area contributed by atoms with Gasteiger partial charge in [0, 0.05) is 6.04 Å². The van der Waals surface area contributed by atoms with Crippen LogP contribution in [-0.4, -0.2) is 31.7 Å². The number of nitrogens with one attached hydrogen (secondary N) is 2. The van der Waals surface area contributed by atoms with Gasteiger partial charge in [-0.15, -0.1) is 0 Å². The largest absolute Gasteiger partial charge is 0.460 e. The predicted molar refractivity (Wildman–Crippen MR) is 145 cm³/mol. The van der Waals surface area contributed by atoms with Gasteiger partial charge in [-0.2, -0.15) is 0 Å². The van der Waals surface area contributed by atoms with Crippen LogP contribution in [0.25, 0.3) is 0 Å². The summed E-state index contributed by atoms with van der Waals surface area (Å²) < 4.78 is 48.4. The van der Waals surface area contributed by atoms with Gasteiger partial charge in [-0.25, -0.2) is 12.8 Å². The Morgan fingerprint density at radius 3 is 2.32 bits per heavy atom. The Bertz CT molecular complexity index is 1220. The van der Waals surface area contributed by atoms with E-state index in [1.807, 2.05) is 32.9 Å². The molecule has 9 heteroatoms. The van der Waals surface area contributed by atoms with Crippen LogP contribution in [0.4, 0.5) is 21.5 Å². The summed E-state index contributed by atoms with van der Waals surface area (Å²) in [6.45, 7) is 7.58. The summed E-state index contributed by atoms with van der Waals surface area (Å²) in [7, 11) is -3.92. The van der Waals surface area contributed by atoms with E-state index in [4.69, 9.17) is 4.74 Å². The van der Waals surface area contributed by atoms with E-state index in [1.165, 1.54) is 28.6 Å². The monoisotopic (exact) mass is 531 g/mol. The predicted octanol–water partition coefficient (Wildman–Crippen LogP) is 6.42. The van der Waals surface area contributed by atoms with Crippen LogP contribution in [0.15, 0.2) is 47.4 Å². The molecule has 0 amide bonds. The van der Waals surface area contributed by atoms with Crippen molar-refractivity contribution in [3.05, 3.63) is 48.3 Å². The fourth-order valence-corrected chi connectivity index (χ4v) is 7.06. The van der Waals surface area contributed by atoms with Crippen molar-refractivity contribution >= 4 is 33.1 Å². The molecular formula is C28H38FN3O4S. The van der Waals surface area contributed by atoms with E-state index in [0.717, 1.165) is 49.9 Å². The van der Waals surface area contributed by atoms with Crippen LogP contribution in [0.5, 0.6) is 0 Å². The van der Waals surface area contributed by atoms with Crippen LogP contribution in [0, 0.1) is 5.82 Å². The van der Waals surface area contributed by atoms with Crippen LogP contribution >= 0.6 is 0 Å². The molecule has 1 atom stereocenters. The van der Waals surface area contributed by atoms with Gasteiger partial charge in [-0.1, -0.05) is 32.6 Å². The summed E-state index contributed by atoms with van der Waals surface area (Å²) >= 11 is 0. The molecule has 2 aromatic carbocycles. The van der Waals surface area contributed by atoms with Gasteiger partial charge in [0.25, 0.3) is 10.0 Å². The Balaban J connectivity index is 1.68. The highest BCUT2D eigenvalue weighted by molar-refractivity contribution is 7.92. The third-order valence-electron chi connectivity index (χ3n) is 6.83. The second kappa shape index (κ2) is 10.5. The van der Waals surface area contributed by atoms with Gasteiger partial charge in [-0.05, 0) is 82.5 Å². The van der Waals surface area contributed by atoms with Gasteiger partial charge in [0.1, 0.15) is 17.1 Å². The third kappa shape index (κ3) is 6.20. The summed E-state index contributed by atoms with van der Waals surface area (Å²) in [5.74, 6) is -0.787. The van der Waals surface area contributed by atoms with Crippen LogP contribution in [0.1, 0.15) is 79.1 Å². The van der Waals surface area contributed by atoms with Crippen molar-refractivity contribution in [1.29, 1.82) is 0 Å². The van der Waals surface area contributed by atoms with E-state index in [0.29, 0.717) is 12.1 Å². The highest BCUT2D eigenvalue weighted by atomic mass is 32.2. The minimum Gasteiger partial charge on any atom is -0.460 e. The van der Waals surface area contributed by atoms with Gasteiger partial charge < -0.3 is 15.4 Å². The first-order chi connectivity index (χ1) is 17.4. The molecule has 1 unspecified atom stereocenters. The molecule has 1 fully saturated rings. The fourth-order valence-electron chi connectivity index (χ4n) is 5.36. The minimum atomic E-state index is -3.92. The lowest BCUT2D eigenvalue weighted by Crippen LogP contribution is -2.45. The maximum absolute atomic E-state index is 13.9. The lowest BCUT2D eigenvalue weighted by molar-refractivity contribution is -0.155. The molecule has 202 valence electrons. The first-order valence-electron chi connectivity index (χ1n) is 13.1. The summed E-state index contributed by atoms with van der Waals surface area (Å²) in [5.41, 5.74) is 0.795. The quantitative estimate of drug-likeness (QED) is 0.382. The van der Waals surface area contributed by atoms with Gasteiger partial charge in [0.05, 0.1) is 28.4 Å². The normalized spacial score (nSPS) is 20.0. The standard InChI is InChI=1S/C28H38FN3O4S/c1-5-17-28(19-26(33)36-27(2,3)4)30-24-16-13-22(18-25(24)31-28)32(21-9-7-6-8-10-21)37(34,35)23-14-11-20(29)12-15-23/h11-16,18,21,30-31H,5-10,17,19H2,1-4H3. The third-order valence-corrected chi connectivity index (χ3v) is 8.72. The summed E-state index contributed by atoms with van der Waals surface area (Å²) in [5, 5.41) is 6.95. The molecule has 2 aromatic rings. The Morgan fingerprint density at radius 2 is 1.70 bits per heavy atom. The summed E-state index contributed by atoms with van der Waals surface area (Å²) in [4.78, 5) is 12.8. The molecule has 0 spiro atoms. The van der Waals surface area contributed by atoms with Crippen molar-refractivity contribution in [2.45, 2.75) is 101 Å². The molecule has 0 aromatic heterocycles. The number of rotatable bonds is 8. The van der Waals surface area contributed by atoms with E-state index in [9.17, 15) is 17.6 Å². The summed E-state index contributed by atoms with van der Waals surface area (Å²) in [6.07, 6.45) is 6.17. The number of carbonyl (C=O) groups is 1. The number of esters is 1. The molecule has 0 radical (unpaired) electrons. The molecule has 1 heterocycles. The van der Waals surface area contributed by atoms with Gasteiger partial charge in [-0.3, -0.25) is 9.10 Å². The molecule has 1 saturated carbocycles. The van der Waals surface area contributed by atoms with Crippen molar-refractivity contribution in [3.8, 4) is 0 Å². The van der Waals surface area contributed by atoms with E-state index in [2.05, 4.69) is 17.6 Å². The zero-order valence-electron chi connectivity index (χ0n) is 22.1. The number of benzene rings is 2. The average Bonchev–Trinajstić information content (AvgIpc) is 3.15. The highest BCUT2D eigenvalue weighted by Crippen LogP contribution is 2.42. The first kappa shape index (κ1) is 27.2. The molecule has 1 aliphatic heterocycles. The number of fused-ring (bicyclic) bond motifs is 1. The van der Waals surface area contributed by atoms with E-state index < -0.39 is 27.1 Å². The van der Waals surface area contributed by atoms with E-state index in [-0.39, 0.29) is 23.3 Å². The Morgan fingerprint density at radius 1 is 1.05 bits per heavy atom. The molecule has 37 heavy (non-hydrogen) atoms. The second-order valence-electron chi connectivity index (χ2n) is 11.1. The number of sulfonamides is 1. The fraction of sp³-hybridized carbons (Fsp3) is 0.536. The zero-order chi connectivity index (χ0) is 26.8. The number of carbonyl (C=O) groups excluding carboxylic acids is 1. The molecule has 7 nitrogen and oxygen atoms in total. The van der Waals surface area contributed by atoms with E-state index >= 15 is 0 Å². The average molecular weight is 532 g/mol. The number of anilines is 3. The highest BCUT2D eigenvalue weighted by Gasteiger charge is 2.40. The second-order valence-corrected chi connectivity index (χ2v) is 12.9. The van der Waals surface area contributed by atoms with Crippen molar-refractivity contribution < 1.29 is 22.3 Å². The van der Waals surface area contributed by atoms with Gasteiger partial charge >= 0.3 is 5.97 Å². The number of halogens is 1. The summed E-state index contributed by atoms with van der Waals surface area (Å²) in [6, 6.07) is 10.3. The van der Waals surface area contributed by atoms with E-state index in [1.54, 1.807) is 6.07 Å². The molecule has 0 bridgehead atoms. The number of nitrogens with zero attached hydrogens (tertiary/aromatic N) is 1. The Kier molecular flexibility index (Phi) is 7.74. The van der Waals surface area contributed by atoms with Crippen LogP contribution in [0.2, 0.25) is 0 Å². The zero-order valence-corrected chi connectivity index (χ0v) is 23.0. The van der Waals surface area contributed by atoms with Gasteiger partial charge in [0.2, 0.25) is 0 Å².